The Labute approximate surface area is 297 Å². The van der Waals surface area contributed by atoms with Crippen molar-refractivity contribution in [3.8, 4) is 17.2 Å². The fourth-order valence-electron chi connectivity index (χ4n) is 8.53. The van der Waals surface area contributed by atoms with Crippen LogP contribution in [0.2, 0.25) is 0 Å². The molecule has 3 aromatic carbocycles. The Hall–Kier alpha value is -4.76. The minimum absolute atomic E-state index is 0.0647. The Balaban J connectivity index is 1.11. The molecule has 1 saturated heterocycles. The normalized spacial score (nSPS) is 26.1. The number of hydrogen-bond acceptors (Lipinski definition) is 9. The molecule has 3 heterocycles. The van der Waals surface area contributed by atoms with Crippen LogP contribution in [0.15, 0.2) is 76.6 Å². The zero-order chi connectivity index (χ0) is 35.8. The number of rotatable bonds is 8. The number of nitrogens with one attached hydrogen (secondary N) is 2. The molecule has 2 bridgehead atoms. The first-order chi connectivity index (χ1) is 24.4. The highest BCUT2D eigenvalue weighted by atomic mass is 32.2. The Kier molecular flexibility index (Phi) is 8.17. The van der Waals surface area contributed by atoms with Gasteiger partial charge in [0.25, 0.3) is 5.91 Å². The highest BCUT2D eigenvalue weighted by Gasteiger charge is 2.70. The second-order valence-electron chi connectivity index (χ2n) is 13.0. The van der Waals surface area contributed by atoms with Crippen molar-refractivity contribution < 1.29 is 42.1 Å². The van der Waals surface area contributed by atoms with Crippen LogP contribution in [-0.4, -0.2) is 46.3 Å². The number of aromatic nitrogens is 1. The van der Waals surface area contributed by atoms with Gasteiger partial charge in [0.05, 0.1) is 34.7 Å². The molecule has 7 atom stereocenters. The molecular weight excluding hydrogens is 708 g/mol. The quantitative estimate of drug-likeness (QED) is 0.143. The molecule has 3 amide bonds. The molecule has 8 rings (SSSR count). The van der Waals surface area contributed by atoms with Gasteiger partial charge in [-0.15, -0.1) is 11.8 Å². The van der Waals surface area contributed by atoms with Crippen molar-refractivity contribution in [2.24, 2.45) is 29.6 Å². The van der Waals surface area contributed by atoms with Gasteiger partial charge in [-0.05, 0) is 85.2 Å². The number of carbonyl (C=O) groups excluding carboxylic acids is 3. The Morgan fingerprint density at radius 2 is 1.71 bits per heavy atom. The minimum Gasteiger partial charge on any atom is -0.508 e. The number of aromatic amines is 1. The zero-order valence-corrected chi connectivity index (χ0v) is 28.4. The summed E-state index contributed by atoms with van der Waals surface area (Å²) < 4.78 is 53.9. The van der Waals surface area contributed by atoms with E-state index in [1.54, 1.807) is 31.2 Å². The summed E-state index contributed by atoms with van der Waals surface area (Å²) in [4.78, 5) is 57.6. The second kappa shape index (κ2) is 12.5. The molecule has 2 aliphatic carbocycles. The number of amides is 3. The highest BCUT2D eigenvalue weighted by Crippen LogP contribution is 2.69. The molecule has 0 radical (unpaired) electrons. The lowest BCUT2D eigenvalue weighted by atomic mass is 9.68. The summed E-state index contributed by atoms with van der Waals surface area (Å²) in [6.45, 7) is 1.76. The smallest absolute Gasteiger partial charge is 0.418 e. The van der Waals surface area contributed by atoms with E-state index in [0.29, 0.717) is 28.6 Å². The van der Waals surface area contributed by atoms with Gasteiger partial charge in [-0.3, -0.25) is 19.2 Å². The number of alkyl halides is 3. The number of ether oxygens (including phenoxy) is 2. The lowest BCUT2D eigenvalue weighted by molar-refractivity contribution is -0.137. The van der Waals surface area contributed by atoms with Crippen molar-refractivity contribution in [3.63, 3.8) is 0 Å². The third-order valence-electron chi connectivity index (χ3n) is 10.3. The summed E-state index contributed by atoms with van der Waals surface area (Å²) in [6.07, 6.45) is -4.19. The predicted octanol–water partition coefficient (Wildman–Crippen LogP) is 6.25. The van der Waals surface area contributed by atoms with Crippen LogP contribution in [0.25, 0.3) is 0 Å². The van der Waals surface area contributed by atoms with E-state index in [4.69, 9.17) is 9.47 Å². The maximum atomic E-state index is 14.1. The molecule has 3 N–H and O–H groups in total. The molecule has 15 heteroatoms. The van der Waals surface area contributed by atoms with E-state index in [1.165, 1.54) is 42.1 Å². The molecule has 264 valence electrons. The number of para-hydroxylation sites is 1. The van der Waals surface area contributed by atoms with Crippen molar-refractivity contribution in [2.75, 3.05) is 23.4 Å². The zero-order valence-electron chi connectivity index (χ0n) is 26.8. The monoisotopic (exact) mass is 737 g/mol. The van der Waals surface area contributed by atoms with E-state index in [0.717, 1.165) is 32.7 Å². The van der Waals surface area contributed by atoms with Gasteiger partial charge in [0.1, 0.15) is 5.75 Å². The number of aromatic hydroxyl groups is 1. The number of fused-ring (bicyclic) bond motifs is 9. The molecule has 10 nitrogen and oxygen atoms in total. The maximum absolute atomic E-state index is 14.1. The molecule has 2 saturated carbocycles. The van der Waals surface area contributed by atoms with Crippen LogP contribution in [0.1, 0.15) is 35.3 Å². The van der Waals surface area contributed by atoms with Crippen molar-refractivity contribution >= 4 is 52.2 Å². The largest absolute Gasteiger partial charge is 0.508 e. The first kappa shape index (κ1) is 33.4. The lowest BCUT2D eigenvalue weighted by Crippen LogP contribution is -2.42. The van der Waals surface area contributed by atoms with Crippen LogP contribution in [0.4, 0.5) is 24.5 Å². The Bertz CT molecular complexity index is 2120. The van der Waals surface area contributed by atoms with E-state index >= 15 is 0 Å². The SMILES string of the molecule is CCOc1cc([C@H]2c3sc(=O)[nH]c3SC3C2[C@H]2C[C@@H]3C3C(=O)N(c4ccccc4C(F)(F)F)C(=O)C32)ccc1OCC(=O)Nc1ccc(O)cc1. The van der Waals surface area contributed by atoms with Crippen LogP contribution in [0, 0.1) is 29.6 Å². The number of imide groups is 1. The molecular formula is C36H30F3N3O7S2. The number of anilines is 2. The van der Waals surface area contributed by atoms with Crippen LogP contribution < -0.4 is 24.6 Å². The molecule has 4 aromatic rings. The van der Waals surface area contributed by atoms with Gasteiger partial charge < -0.3 is 24.9 Å². The number of phenolic OH excluding ortho intramolecular Hbond substituents is 1. The van der Waals surface area contributed by atoms with Crippen LogP contribution in [0.3, 0.4) is 0 Å². The minimum atomic E-state index is -4.76. The molecule has 51 heavy (non-hydrogen) atoms. The number of thiazole rings is 1. The van der Waals surface area contributed by atoms with E-state index in [9.17, 15) is 37.5 Å². The van der Waals surface area contributed by atoms with Gasteiger partial charge in [-0.1, -0.05) is 29.5 Å². The molecule has 4 aliphatic rings. The van der Waals surface area contributed by atoms with Crippen molar-refractivity contribution in [2.45, 2.75) is 35.7 Å². The number of carbonyl (C=O) groups is 3. The third-order valence-corrected chi connectivity index (χ3v) is 12.9. The first-order valence-corrected chi connectivity index (χ1v) is 18.1. The van der Waals surface area contributed by atoms with Crippen LogP contribution >= 0.6 is 23.1 Å². The van der Waals surface area contributed by atoms with E-state index < -0.39 is 47.0 Å². The molecule has 3 fully saturated rings. The van der Waals surface area contributed by atoms with Gasteiger partial charge in [0.2, 0.25) is 11.8 Å². The average molecular weight is 738 g/mol. The maximum Gasteiger partial charge on any atom is 0.418 e. The average Bonchev–Trinajstić information content (AvgIpc) is 3.83. The Morgan fingerprint density at radius 3 is 2.43 bits per heavy atom. The van der Waals surface area contributed by atoms with Crippen molar-refractivity contribution in [1.29, 1.82) is 0 Å². The topological polar surface area (TPSA) is 138 Å². The predicted molar refractivity (Wildman–Crippen MR) is 182 cm³/mol. The summed E-state index contributed by atoms with van der Waals surface area (Å²) in [5, 5.41) is 12.7. The fourth-order valence-corrected chi connectivity index (χ4v) is 11.4. The van der Waals surface area contributed by atoms with Gasteiger partial charge in [-0.2, -0.15) is 13.2 Å². The van der Waals surface area contributed by atoms with E-state index in [1.807, 2.05) is 6.07 Å². The van der Waals surface area contributed by atoms with Crippen molar-refractivity contribution in [3.05, 3.63) is 92.4 Å². The van der Waals surface area contributed by atoms with Crippen LogP contribution in [-0.2, 0) is 20.6 Å². The van der Waals surface area contributed by atoms with Crippen molar-refractivity contribution in [1.82, 2.24) is 4.98 Å². The van der Waals surface area contributed by atoms with Gasteiger partial charge in [0, 0.05) is 21.7 Å². The number of benzene rings is 3. The molecule has 1 aromatic heterocycles. The highest BCUT2D eigenvalue weighted by molar-refractivity contribution is 8.00. The van der Waals surface area contributed by atoms with Gasteiger partial charge in [0.15, 0.2) is 18.1 Å². The summed E-state index contributed by atoms with van der Waals surface area (Å²) in [7, 11) is 0. The number of nitrogens with zero attached hydrogens (tertiary/aromatic N) is 1. The van der Waals surface area contributed by atoms with E-state index in [-0.39, 0.29) is 52.8 Å². The lowest BCUT2D eigenvalue weighted by Gasteiger charge is -2.43. The third kappa shape index (κ3) is 5.57. The first-order valence-electron chi connectivity index (χ1n) is 16.4. The summed E-state index contributed by atoms with van der Waals surface area (Å²) in [5.74, 6) is -3.63. The van der Waals surface area contributed by atoms with Gasteiger partial charge in [-0.25, -0.2) is 4.90 Å². The second-order valence-corrected chi connectivity index (χ2v) is 15.2. The summed E-state index contributed by atoms with van der Waals surface area (Å²) in [5.41, 5.74) is -0.215. The van der Waals surface area contributed by atoms with Crippen LogP contribution in [0.5, 0.6) is 17.2 Å². The van der Waals surface area contributed by atoms with Gasteiger partial charge >= 0.3 is 11.0 Å². The number of hydrogen-bond donors (Lipinski definition) is 3. The number of phenols is 1. The fraction of sp³-hybridized carbons (Fsp3) is 0.333. The standard InChI is InChI=1S/C36H30F3N3O7S2/c1-2-48-24-13-16(7-12-23(24)49-15-25(44)40-17-8-10-18(43)11-9-17)26-27-19-14-20(30(27)50-32-31(26)51-35(47)41-32)29-28(19)33(45)42(34(29)46)22-6-4-3-5-21(22)36(37,38)39/h3-13,19-20,26-30,43H,2,14-15H2,1H3,(H,40,44)(H,41,47)/t19-,20-,26-,27?,28?,29?,30?/m1/s1. The number of thioether (sulfide) groups is 1. The molecule has 2 aliphatic heterocycles. The summed E-state index contributed by atoms with van der Waals surface area (Å²) in [6, 6.07) is 16.0. The Morgan fingerprint density at radius 1 is 0.980 bits per heavy atom. The molecule has 4 unspecified atom stereocenters. The molecule has 0 spiro atoms. The van der Waals surface area contributed by atoms with E-state index in [2.05, 4.69) is 10.3 Å². The number of H-pyrrole nitrogens is 1. The summed E-state index contributed by atoms with van der Waals surface area (Å²) >= 11 is 2.55. The number of halogens is 3.